The van der Waals surface area contributed by atoms with Gasteiger partial charge in [-0.05, 0) is 49.2 Å². The lowest BCUT2D eigenvalue weighted by Gasteiger charge is -2.24. The third-order valence-electron chi connectivity index (χ3n) is 4.77. The number of hydrogen-bond donors (Lipinski definition) is 2. The van der Waals surface area contributed by atoms with Gasteiger partial charge in [0, 0.05) is 16.8 Å². The molecule has 3 aromatic carbocycles. The highest BCUT2D eigenvalue weighted by Gasteiger charge is 2.36. The van der Waals surface area contributed by atoms with Gasteiger partial charge in [0.25, 0.3) is 0 Å². The number of carbonyl (C=O) groups is 2. The number of phenols is 1. The largest absolute Gasteiger partial charge is 0.507 e. The Bertz CT molecular complexity index is 1070. The number of carbonyl (C=O) groups excluding carboxylic acids is 2. The number of nitrogens with one attached hydrogen (secondary N) is 1. The molecule has 0 heterocycles. The van der Waals surface area contributed by atoms with Gasteiger partial charge in [-0.3, -0.25) is 9.59 Å². The van der Waals surface area contributed by atoms with Gasteiger partial charge in [0.05, 0.1) is 16.8 Å². The zero-order chi connectivity index (χ0) is 18.4. The summed E-state index contributed by atoms with van der Waals surface area (Å²) < 4.78 is 0. The number of benzene rings is 3. The van der Waals surface area contributed by atoms with E-state index >= 15 is 0 Å². The van der Waals surface area contributed by atoms with Crippen LogP contribution < -0.4 is 5.32 Å². The molecule has 3 aromatic rings. The Morgan fingerprint density at radius 2 is 1.27 bits per heavy atom. The molecule has 128 valence electrons. The van der Waals surface area contributed by atoms with Crippen molar-refractivity contribution in [3.8, 4) is 5.75 Å². The molecule has 1 aliphatic rings. The van der Waals surface area contributed by atoms with E-state index in [1.165, 1.54) is 6.07 Å². The summed E-state index contributed by atoms with van der Waals surface area (Å²) in [4.78, 5) is 26.4. The monoisotopic (exact) mass is 343 g/mol. The van der Waals surface area contributed by atoms with E-state index in [0.29, 0.717) is 16.8 Å². The van der Waals surface area contributed by atoms with Crippen LogP contribution in [0, 0.1) is 13.8 Å². The first-order chi connectivity index (χ1) is 12.5. The highest BCUT2D eigenvalue weighted by Crippen LogP contribution is 2.39. The Morgan fingerprint density at radius 1 is 0.692 bits per heavy atom. The fourth-order valence-corrected chi connectivity index (χ4v) is 3.48. The van der Waals surface area contributed by atoms with Gasteiger partial charge in [0.1, 0.15) is 5.75 Å². The summed E-state index contributed by atoms with van der Waals surface area (Å²) >= 11 is 0. The summed E-state index contributed by atoms with van der Waals surface area (Å²) in [5.41, 5.74) is 3.89. The SMILES string of the molecule is Cc1ccc(C)c2c1C(=O)c1c(O)ccc(Nc3ccccc3)c1C2=O. The first-order valence-electron chi connectivity index (χ1n) is 8.36. The lowest BCUT2D eigenvalue weighted by Crippen LogP contribution is -2.24. The molecule has 0 amide bonds. The van der Waals surface area contributed by atoms with Crippen molar-refractivity contribution < 1.29 is 14.7 Å². The van der Waals surface area contributed by atoms with Gasteiger partial charge in [0.2, 0.25) is 0 Å². The van der Waals surface area contributed by atoms with Gasteiger partial charge in [0.15, 0.2) is 11.6 Å². The first kappa shape index (κ1) is 16.1. The third kappa shape index (κ3) is 2.30. The number of ketones is 2. The average molecular weight is 343 g/mol. The van der Waals surface area contributed by atoms with Gasteiger partial charge in [-0.2, -0.15) is 0 Å². The van der Waals surface area contributed by atoms with Crippen LogP contribution in [0.25, 0.3) is 0 Å². The van der Waals surface area contributed by atoms with Crippen molar-refractivity contribution in [3.05, 3.63) is 88.0 Å². The van der Waals surface area contributed by atoms with Crippen molar-refractivity contribution in [2.45, 2.75) is 13.8 Å². The molecule has 4 rings (SSSR count). The molecule has 1 aliphatic carbocycles. The molecule has 0 fully saturated rings. The molecule has 0 aliphatic heterocycles. The summed E-state index contributed by atoms with van der Waals surface area (Å²) in [6.07, 6.45) is 0. The summed E-state index contributed by atoms with van der Waals surface area (Å²) in [5.74, 6) is -0.737. The topological polar surface area (TPSA) is 66.4 Å². The minimum atomic E-state index is -0.315. The van der Waals surface area contributed by atoms with Crippen LogP contribution in [0.5, 0.6) is 5.75 Å². The molecule has 0 atom stereocenters. The summed E-state index contributed by atoms with van der Waals surface area (Å²) in [6, 6.07) is 16.2. The van der Waals surface area contributed by atoms with Gasteiger partial charge < -0.3 is 10.4 Å². The van der Waals surface area contributed by atoms with Gasteiger partial charge in [-0.25, -0.2) is 0 Å². The van der Waals surface area contributed by atoms with Crippen LogP contribution in [-0.2, 0) is 0 Å². The van der Waals surface area contributed by atoms with E-state index in [2.05, 4.69) is 5.32 Å². The molecular weight excluding hydrogens is 326 g/mol. The second kappa shape index (κ2) is 5.85. The Kier molecular flexibility index (Phi) is 3.62. The molecule has 0 saturated carbocycles. The van der Waals surface area contributed by atoms with E-state index in [0.717, 1.165) is 16.8 Å². The van der Waals surface area contributed by atoms with Gasteiger partial charge in [-0.1, -0.05) is 30.3 Å². The van der Waals surface area contributed by atoms with Crippen molar-refractivity contribution >= 4 is 22.9 Å². The highest BCUT2D eigenvalue weighted by atomic mass is 16.3. The summed E-state index contributed by atoms with van der Waals surface area (Å²) in [5, 5.41) is 13.5. The number of rotatable bonds is 2. The predicted molar refractivity (Wildman–Crippen MR) is 101 cm³/mol. The molecular formula is C22H17NO3. The predicted octanol–water partition coefficient (Wildman–Crippen LogP) is 4.53. The molecule has 4 heteroatoms. The summed E-state index contributed by atoms with van der Waals surface area (Å²) in [7, 11) is 0. The van der Waals surface area contributed by atoms with Crippen molar-refractivity contribution in [3.63, 3.8) is 0 Å². The van der Waals surface area contributed by atoms with Crippen LogP contribution in [0.1, 0.15) is 43.0 Å². The van der Waals surface area contributed by atoms with Crippen LogP contribution in [0.3, 0.4) is 0 Å². The van der Waals surface area contributed by atoms with E-state index in [4.69, 9.17) is 0 Å². The Labute approximate surface area is 151 Å². The molecule has 2 N–H and O–H groups in total. The fraction of sp³-hybridized carbons (Fsp3) is 0.0909. The van der Waals surface area contributed by atoms with Crippen LogP contribution >= 0.6 is 0 Å². The van der Waals surface area contributed by atoms with Crippen LogP contribution in [-0.4, -0.2) is 16.7 Å². The first-order valence-corrected chi connectivity index (χ1v) is 8.36. The molecule has 0 spiro atoms. The number of fused-ring (bicyclic) bond motifs is 2. The lowest BCUT2D eigenvalue weighted by molar-refractivity contribution is 0.0976. The molecule has 0 radical (unpaired) electrons. The maximum absolute atomic E-state index is 13.3. The average Bonchev–Trinajstić information content (AvgIpc) is 2.63. The number of aromatic hydroxyl groups is 1. The number of anilines is 2. The van der Waals surface area contributed by atoms with Crippen LogP contribution in [0.4, 0.5) is 11.4 Å². The van der Waals surface area contributed by atoms with E-state index < -0.39 is 0 Å². The van der Waals surface area contributed by atoms with Crippen molar-refractivity contribution in [2.24, 2.45) is 0 Å². The summed E-state index contributed by atoms with van der Waals surface area (Å²) in [6.45, 7) is 3.62. The Hall–Kier alpha value is -3.40. The molecule has 0 aromatic heterocycles. The number of phenolic OH excluding ortho intramolecular Hbond substituents is 1. The minimum absolute atomic E-state index is 0.0668. The van der Waals surface area contributed by atoms with Crippen molar-refractivity contribution in [1.82, 2.24) is 0 Å². The lowest BCUT2D eigenvalue weighted by atomic mass is 9.79. The second-order valence-corrected chi connectivity index (χ2v) is 6.48. The smallest absolute Gasteiger partial charge is 0.198 e. The van der Waals surface area contributed by atoms with Crippen LogP contribution in [0.15, 0.2) is 54.6 Å². The van der Waals surface area contributed by atoms with E-state index in [1.807, 2.05) is 49.4 Å². The highest BCUT2D eigenvalue weighted by molar-refractivity contribution is 6.32. The second-order valence-electron chi connectivity index (χ2n) is 6.48. The van der Waals surface area contributed by atoms with E-state index in [-0.39, 0.29) is 28.4 Å². The normalized spacial score (nSPS) is 12.5. The fourth-order valence-electron chi connectivity index (χ4n) is 3.48. The third-order valence-corrected chi connectivity index (χ3v) is 4.77. The molecule has 0 saturated heterocycles. The van der Waals surface area contributed by atoms with E-state index in [9.17, 15) is 14.7 Å². The zero-order valence-corrected chi connectivity index (χ0v) is 14.5. The standard InChI is InChI=1S/C22H17NO3/c1-12-8-9-13(2)18-17(12)21(25)19-15(23-14-6-4-3-5-7-14)10-11-16(24)20(19)22(18)26/h3-11,23-24H,1-2H3. The maximum Gasteiger partial charge on any atom is 0.198 e. The molecule has 4 nitrogen and oxygen atoms in total. The number of para-hydroxylation sites is 1. The Balaban J connectivity index is 1.96. The van der Waals surface area contributed by atoms with Crippen LogP contribution in [0.2, 0.25) is 0 Å². The molecule has 0 unspecified atom stereocenters. The quantitative estimate of drug-likeness (QED) is 0.525. The van der Waals surface area contributed by atoms with Gasteiger partial charge >= 0.3 is 0 Å². The number of hydrogen-bond acceptors (Lipinski definition) is 4. The zero-order valence-electron chi connectivity index (χ0n) is 14.5. The van der Waals surface area contributed by atoms with Gasteiger partial charge in [-0.15, -0.1) is 0 Å². The minimum Gasteiger partial charge on any atom is -0.507 e. The molecule has 26 heavy (non-hydrogen) atoms. The van der Waals surface area contributed by atoms with Crippen molar-refractivity contribution in [1.29, 1.82) is 0 Å². The maximum atomic E-state index is 13.3. The van der Waals surface area contributed by atoms with Crippen molar-refractivity contribution in [2.75, 3.05) is 5.32 Å². The molecule has 0 bridgehead atoms. The van der Waals surface area contributed by atoms with E-state index in [1.54, 1.807) is 13.0 Å². The Morgan fingerprint density at radius 3 is 1.88 bits per heavy atom. The number of aryl methyl sites for hydroxylation is 2.